The van der Waals surface area contributed by atoms with Crippen LogP contribution in [-0.2, 0) is 4.74 Å². The monoisotopic (exact) mass is 206 g/mol. The van der Waals surface area contributed by atoms with Crippen LogP contribution >= 0.6 is 0 Å². The number of ether oxygens (including phenoxy) is 1. The Labute approximate surface area is 86.2 Å². The third-order valence-corrected chi connectivity index (χ3v) is 2.10. The number of methoxy groups -OCH3 is 1. The number of hydrogen-bond acceptors (Lipinski definition) is 4. The molecule has 0 N–H and O–H groups in total. The number of pyridine rings is 1. The van der Waals surface area contributed by atoms with Crippen molar-refractivity contribution in [2.45, 2.75) is 0 Å². The zero-order valence-corrected chi connectivity index (χ0v) is 8.43. The predicted molar refractivity (Wildman–Crippen MR) is 53.6 cm³/mol. The molecular weight excluding hydrogens is 196 g/mol. The lowest BCUT2D eigenvalue weighted by Crippen LogP contribution is -2.15. The van der Waals surface area contributed by atoms with E-state index < -0.39 is 5.97 Å². The highest BCUT2D eigenvalue weighted by Crippen LogP contribution is 2.16. The van der Waals surface area contributed by atoms with Gasteiger partial charge in [0.15, 0.2) is 11.3 Å². The minimum atomic E-state index is -0.449. The van der Waals surface area contributed by atoms with Gasteiger partial charge in [-0.3, -0.25) is 0 Å². The van der Waals surface area contributed by atoms with Crippen LogP contribution < -0.4 is 4.84 Å². The quantitative estimate of drug-likeness (QED) is 0.684. The lowest BCUT2D eigenvalue weighted by molar-refractivity contribution is 0.0549. The number of nitrogens with zero attached hydrogens (tertiary/aromatic N) is 2. The van der Waals surface area contributed by atoms with Crippen LogP contribution in [0.3, 0.4) is 0 Å². The van der Waals surface area contributed by atoms with E-state index in [0.29, 0.717) is 11.3 Å². The molecule has 2 rings (SSSR count). The van der Waals surface area contributed by atoms with Crippen molar-refractivity contribution in [2.24, 2.45) is 0 Å². The summed E-state index contributed by atoms with van der Waals surface area (Å²) in [5.74, 6) is -0.449. The summed E-state index contributed by atoms with van der Waals surface area (Å²) in [6, 6.07) is 5.32. The molecule has 2 heterocycles. The van der Waals surface area contributed by atoms with Gasteiger partial charge in [0.2, 0.25) is 0 Å². The molecule has 0 aliphatic heterocycles. The summed E-state index contributed by atoms with van der Waals surface area (Å²) in [6.07, 6.45) is 1.64. The first-order chi connectivity index (χ1) is 7.27. The van der Waals surface area contributed by atoms with Crippen molar-refractivity contribution < 1.29 is 14.4 Å². The Morgan fingerprint density at radius 3 is 2.93 bits per heavy atom. The summed E-state index contributed by atoms with van der Waals surface area (Å²) >= 11 is 0. The van der Waals surface area contributed by atoms with Gasteiger partial charge in [-0.1, -0.05) is 0 Å². The van der Waals surface area contributed by atoms with Crippen molar-refractivity contribution >= 4 is 17.0 Å². The highest BCUT2D eigenvalue weighted by molar-refractivity contribution is 5.94. The minimum Gasteiger partial charge on any atom is -0.464 e. The Hall–Kier alpha value is -2.04. The van der Waals surface area contributed by atoms with E-state index >= 15 is 0 Å². The Kier molecular flexibility index (Phi) is 2.29. The summed E-state index contributed by atoms with van der Waals surface area (Å²) in [7, 11) is 2.80. The second-order valence-corrected chi connectivity index (χ2v) is 2.91. The van der Waals surface area contributed by atoms with Gasteiger partial charge < -0.3 is 9.57 Å². The van der Waals surface area contributed by atoms with E-state index in [-0.39, 0.29) is 0 Å². The number of rotatable bonds is 2. The van der Waals surface area contributed by atoms with E-state index in [1.54, 1.807) is 18.3 Å². The molecule has 0 aromatic carbocycles. The molecule has 15 heavy (non-hydrogen) atoms. The van der Waals surface area contributed by atoms with Crippen molar-refractivity contribution in [1.29, 1.82) is 0 Å². The summed E-state index contributed by atoms with van der Waals surface area (Å²) in [5, 5.41) is 0.833. The molecule has 5 heteroatoms. The topological polar surface area (TPSA) is 53.3 Å². The number of esters is 1. The zero-order valence-electron chi connectivity index (χ0n) is 8.43. The number of hydrogen-bond donors (Lipinski definition) is 0. The smallest absolute Gasteiger partial charge is 0.358 e. The fraction of sp³-hybridized carbons (Fsp3) is 0.200. The maximum atomic E-state index is 11.4. The maximum absolute atomic E-state index is 11.4. The summed E-state index contributed by atoms with van der Waals surface area (Å²) in [6.45, 7) is 0. The van der Waals surface area contributed by atoms with Crippen LogP contribution in [0, 0.1) is 0 Å². The molecule has 0 unspecified atom stereocenters. The van der Waals surface area contributed by atoms with Gasteiger partial charge in [0, 0.05) is 11.6 Å². The van der Waals surface area contributed by atoms with E-state index in [1.165, 1.54) is 19.0 Å². The molecule has 2 aromatic rings. The number of carbonyl (C=O) groups is 1. The van der Waals surface area contributed by atoms with Crippen LogP contribution in [0.15, 0.2) is 24.4 Å². The van der Waals surface area contributed by atoms with Gasteiger partial charge in [-0.25, -0.2) is 9.78 Å². The molecule has 0 bridgehead atoms. The highest BCUT2D eigenvalue weighted by atomic mass is 16.6. The SMILES string of the molecule is COC(=O)c1cc2cccnc2n1OC. The number of aromatic nitrogens is 2. The molecule has 0 atom stereocenters. The predicted octanol–water partition coefficient (Wildman–Crippen LogP) is 0.881. The Morgan fingerprint density at radius 2 is 2.27 bits per heavy atom. The molecule has 2 aromatic heterocycles. The molecule has 0 aliphatic carbocycles. The molecule has 5 nitrogen and oxygen atoms in total. The van der Waals surface area contributed by atoms with Gasteiger partial charge in [0.05, 0.1) is 7.11 Å². The first kappa shape index (κ1) is 9.51. The first-order valence-electron chi connectivity index (χ1n) is 4.37. The third-order valence-electron chi connectivity index (χ3n) is 2.10. The van der Waals surface area contributed by atoms with Gasteiger partial charge in [-0.05, 0) is 18.2 Å². The summed E-state index contributed by atoms with van der Waals surface area (Å²) in [4.78, 5) is 20.6. The average Bonchev–Trinajstić information content (AvgIpc) is 2.66. The van der Waals surface area contributed by atoms with E-state index in [0.717, 1.165) is 5.39 Å². The Balaban J connectivity index is 2.69. The van der Waals surface area contributed by atoms with Gasteiger partial charge >= 0.3 is 5.97 Å². The van der Waals surface area contributed by atoms with Crippen LogP contribution in [0.4, 0.5) is 0 Å². The van der Waals surface area contributed by atoms with Crippen molar-refractivity contribution in [1.82, 2.24) is 9.71 Å². The summed E-state index contributed by atoms with van der Waals surface area (Å²) < 4.78 is 5.99. The molecule has 0 spiro atoms. The Bertz CT molecular complexity index is 504. The number of fused-ring (bicyclic) bond motifs is 1. The fourth-order valence-corrected chi connectivity index (χ4v) is 1.44. The third kappa shape index (κ3) is 1.41. The second-order valence-electron chi connectivity index (χ2n) is 2.91. The molecule has 0 saturated heterocycles. The van der Waals surface area contributed by atoms with Gasteiger partial charge in [-0.15, -0.1) is 0 Å². The fourth-order valence-electron chi connectivity index (χ4n) is 1.44. The van der Waals surface area contributed by atoms with E-state index in [9.17, 15) is 4.79 Å². The van der Waals surface area contributed by atoms with Crippen molar-refractivity contribution in [2.75, 3.05) is 14.2 Å². The molecule has 0 radical (unpaired) electrons. The van der Waals surface area contributed by atoms with E-state index in [4.69, 9.17) is 4.84 Å². The largest absolute Gasteiger partial charge is 0.464 e. The van der Waals surface area contributed by atoms with Crippen LogP contribution in [0.1, 0.15) is 10.5 Å². The van der Waals surface area contributed by atoms with Crippen LogP contribution in [0.2, 0.25) is 0 Å². The molecular formula is C10H10N2O3. The molecule has 78 valence electrons. The molecule has 0 amide bonds. The normalized spacial score (nSPS) is 10.3. The van der Waals surface area contributed by atoms with Gasteiger partial charge in [0.25, 0.3) is 0 Å². The average molecular weight is 206 g/mol. The van der Waals surface area contributed by atoms with Crippen molar-refractivity contribution in [3.05, 3.63) is 30.1 Å². The van der Waals surface area contributed by atoms with Gasteiger partial charge in [0.1, 0.15) is 7.11 Å². The first-order valence-corrected chi connectivity index (χ1v) is 4.37. The minimum absolute atomic E-state index is 0.328. The highest BCUT2D eigenvalue weighted by Gasteiger charge is 2.16. The lowest BCUT2D eigenvalue weighted by atomic mass is 10.3. The molecule has 0 saturated carbocycles. The van der Waals surface area contributed by atoms with Crippen LogP contribution in [0.5, 0.6) is 0 Å². The van der Waals surface area contributed by atoms with Crippen LogP contribution in [0.25, 0.3) is 11.0 Å². The second kappa shape index (κ2) is 3.61. The standard InChI is InChI=1S/C10H10N2O3/c1-14-10(13)8-6-7-4-3-5-11-9(7)12(8)15-2/h3-6H,1-2H3. The molecule has 0 fully saturated rings. The van der Waals surface area contributed by atoms with E-state index in [1.807, 2.05) is 6.07 Å². The maximum Gasteiger partial charge on any atom is 0.358 e. The van der Waals surface area contributed by atoms with Crippen molar-refractivity contribution in [3.63, 3.8) is 0 Å². The lowest BCUT2D eigenvalue weighted by Gasteiger charge is -2.05. The Morgan fingerprint density at radius 1 is 1.47 bits per heavy atom. The van der Waals surface area contributed by atoms with Crippen LogP contribution in [-0.4, -0.2) is 29.9 Å². The molecule has 0 aliphatic rings. The summed E-state index contributed by atoms with van der Waals surface area (Å²) in [5.41, 5.74) is 0.925. The zero-order chi connectivity index (χ0) is 10.8. The number of carbonyl (C=O) groups excluding carboxylic acids is 1. The van der Waals surface area contributed by atoms with Gasteiger partial charge in [-0.2, -0.15) is 4.73 Å². The van der Waals surface area contributed by atoms with E-state index in [2.05, 4.69) is 9.72 Å². The van der Waals surface area contributed by atoms with Crippen molar-refractivity contribution in [3.8, 4) is 0 Å².